The van der Waals surface area contributed by atoms with Gasteiger partial charge in [-0.15, -0.1) is 5.10 Å². The van der Waals surface area contributed by atoms with Crippen molar-refractivity contribution < 1.29 is 41.3 Å². The molecule has 9 nitrogen and oxygen atoms in total. The van der Waals surface area contributed by atoms with E-state index in [1.54, 1.807) is 29.9 Å². The molecule has 1 aliphatic heterocycles. The van der Waals surface area contributed by atoms with Gasteiger partial charge in [0.05, 0.1) is 18.8 Å². The zero-order valence-corrected chi connectivity index (χ0v) is 26.6. The molecule has 0 aliphatic carbocycles. The predicted molar refractivity (Wildman–Crippen MR) is 167 cm³/mol. The first-order valence-electron chi connectivity index (χ1n) is 15.0. The Morgan fingerprint density at radius 3 is 2.22 bits per heavy atom. The van der Waals surface area contributed by atoms with E-state index in [1.165, 1.54) is 11.8 Å². The van der Waals surface area contributed by atoms with Crippen molar-refractivity contribution >= 4 is 17.7 Å². The van der Waals surface area contributed by atoms with Crippen molar-refractivity contribution in [1.29, 1.82) is 0 Å². The number of aromatic nitrogens is 4. The van der Waals surface area contributed by atoms with Gasteiger partial charge >= 0.3 is 0 Å². The summed E-state index contributed by atoms with van der Waals surface area (Å²) in [6.45, 7) is -0.327. The zero-order valence-electron chi connectivity index (χ0n) is 25.7. The maximum absolute atomic E-state index is 14.1. The molecule has 6 rings (SSSR count). The second-order valence-corrected chi connectivity index (χ2v) is 12.2. The van der Waals surface area contributed by atoms with Crippen LogP contribution in [0, 0.1) is 29.1 Å². The van der Waals surface area contributed by atoms with Crippen molar-refractivity contribution in [3.05, 3.63) is 130 Å². The number of hydrogen-bond donors (Lipinski definition) is 2. The van der Waals surface area contributed by atoms with Gasteiger partial charge in [0.2, 0.25) is 11.0 Å². The van der Waals surface area contributed by atoms with Crippen LogP contribution in [0.1, 0.15) is 51.4 Å². The van der Waals surface area contributed by atoms with Crippen LogP contribution < -0.4 is 5.32 Å². The fraction of sp³-hybridized carbons (Fsp3) is 0.235. The van der Waals surface area contributed by atoms with Gasteiger partial charge in [0.25, 0.3) is 5.91 Å². The van der Waals surface area contributed by atoms with E-state index in [0.29, 0.717) is 22.9 Å². The second-order valence-electron chi connectivity index (χ2n) is 11.2. The van der Waals surface area contributed by atoms with Gasteiger partial charge in [-0.25, -0.2) is 26.6 Å². The van der Waals surface area contributed by atoms with Gasteiger partial charge in [-0.3, -0.25) is 4.79 Å². The lowest BCUT2D eigenvalue weighted by Gasteiger charge is -2.36. The summed E-state index contributed by atoms with van der Waals surface area (Å²) in [5.41, 5.74) is 2.88. The Morgan fingerprint density at radius 1 is 0.878 bits per heavy atom. The van der Waals surface area contributed by atoms with E-state index in [9.17, 15) is 31.9 Å². The number of carbonyl (C=O) groups excluding carboxylic acids is 1. The zero-order chi connectivity index (χ0) is 34.7. The van der Waals surface area contributed by atoms with Gasteiger partial charge < -0.3 is 19.9 Å². The Balaban J connectivity index is 1.20. The van der Waals surface area contributed by atoms with Crippen LogP contribution in [0.3, 0.4) is 0 Å². The molecule has 49 heavy (non-hydrogen) atoms. The minimum Gasteiger partial charge on any atom is -0.392 e. The van der Waals surface area contributed by atoms with Crippen LogP contribution in [0.2, 0.25) is 0 Å². The molecule has 1 fully saturated rings. The highest BCUT2D eigenvalue weighted by Gasteiger charge is 2.33. The van der Waals surface area contributed by atoms with Crippen molar-refractivity contribution in [3.8, 4) is 11.1 Å². The molecule has 1 aromatic heterocycles. The maximum Gasteiger partial charge on any atom is 0.257 e. The van der Waals surface area contributed by atoms with Crippen LogP contribution >= 0.6 is 11.8 Å². The smallest absolute Gasteiger partial charge is 0.257 e. The summed E-state index contributed by atoms with van der Waals surface area (Å²) in [6.07, 6.45) is -0.742. The third kappa shape index (κ3) is 7.49. The largest absolute Gasteiger partial charge is 0.392 e. The molecule has 0 bridgehead atoms. The molecule has 0 radical (unpaired) electrons. The molecule has 0 spiro atoms. The number of amides is 1. The Bertz CT molecular complexity index is 1950. The van der Waals surface area contributed by atoms with Gasteiger partial charge in [-0.05, 0) is 50.4 Å². The van der Waals surface area contributed by atoms with E-state index in [0.717, 1.165) is 27.8 Å². The number of benzene rings is 4. The Labute approximate surface area is 281 Å². The Kier molecular flexibility index (Phi) is 10.3. The van der Waals surface area contributed by atoms with Gasteiger partial charge in [0.1, 0.15) is 5.56 Å². The minimum atomic E-state index is -2.34. The Hall–Kier alpha value is -4.70. The molecule has 3 atom stereocenters. The quantitative estimate of drug-likeness (QED) is 0.0754. The number of rotatable bonds is 10. The maximum atomic E-state index is 14.1. The van der Waals surface area contributed by atoms with Crippen LogP contribution in [0.15, 0.2) is 78.0 Å². The first-order chi connectivity index (χ1) is 23.6. The predicted octanol–water partition coefficient (Wildman–Crippen LogP) is 6.33. The van der Waals surface area contributed by atoms with Crippen LogP contribution in [-0.2, 0) is 29.7 Å². The molecule has 2 heterocycles. The van der Waals surface area contributed by atoms with Crippen molar-refractivity contribution in [1.82, 2.24) is 25.5 Å². The number of tetrazole rings is 1. The highest BCUT2D eigenvalue weighted by Crippen LogP contribution is 2.40. The van der Waals surface area contributed by atoms with E-state index in [2.05, 4.69) is 20.8 Å². The molecule has 254 valence electrons. The molecule has 1 saturated heterocycles. The van der Waals surface area contributed by atoms with Gasteiger partial charge in [0.15, 0.2) is 29.6 Å². The fourth-order valence-electron chi connectivity index (χ4n) is 5.33. The topological polar surface area (TPSA) is 111 Å². The average molecular weight is 698 g/mol. The van der Waals surface area contributed by atoms with Crippen molar-refractivity contribution in [2.24, 2.45) is 7.05 Å². The Morgan fingerprint density at radius 2 is 1.55 bits per heavy atom. The normalized spacial score (nSPS) is 17.7. The number of nitrogens with one attached hydrogen (secondary N) is 1. The number of aliphatic hydroxyl groups is 1. The van der Waals surface area contributed by atoms with Crippen molar-refractivity contribution in [2.75, 3.05) is 5.75 Å². The molecular weight excluding hydrogens is 669 g/mol. The summed E-state index contributed by atoms with van der Waals surface area (Å²) in [4.78, 5) is 12.5. The van der Waals surface area contributed by atoms with Gasteiger partial charge in [0, 0.05) is 31.3 Å². The first-order valence-corrected chi connectivity index (χ1v) is 16.0. The molecule has 4 aromatic carbocycles. The van der Waals surface area contributed by atoms with E-state index in [4.69, 9.17) is 9.47 Å². The number of aryl methyl sites for hydroxylation is 1. The van der Waals surface area contributed by atoms with E-state index in [-0.39, 0.29) is 25.4 Å². The molecule has 5 aromatic rings. The number of aliphatic hydroxyl groups excluding tert-OH is 1. The number of hydrogen-bond acceptors (Lipinski definition) is 8. The van der Waals surface area contributed by atoms with Crippen LogP contribution in [0.4, 0.5) is 22.0 Å². The first kappa shape index (κ1) is 34.2. The third-order valence-electron chi connectivity index (χ3n) is 7.90. The van der Waals surface area contributed by atoms with Crippen LogP contribution in [0.5, 0.6) is 0 Å². The lowest BCUT2D eigenvalue weighted by Crippen LogP contribution is -2.31. The summed E-state index contributed by atoms with van der Waals surface area (Å²) in [6, 6.07) is 21.9. The summed E-state index contributed by atoms with van der Waals surface area (Å²) in [5, 5.41) is 23.9. The average Bonchev–Trinajstić information content (AvgIpc) is 3.55. The number of halogens is 5. The third-order valence-corrected chi connectivity index (χ3v) is 9.05. The second kappa shape index (κ2) is 14.8. The monoisotopic (exact) mass is 697 g/mol. The van der Waals surface area contributed by atoms with Crippen LogP contribution in [0.25, 0.3) is 11.1 Å². The lowest BCUT2D eigenvalue weighted by molar-refractivity contribution is -0.245. The van der Waals surface area contributed by atoms with Crippen molar-refractivity contribution in [2.45, 2.75) is 43.2 Å². The standard InChI is InChI=1S/C34H28F5N5O4S/c1-44-34(41-42-43-44)49-17-24-14-25(20-10-8-18(16-45)9-11-20)48-33(47-24)23-7-3-6-22(13-23)21-5-2-4-19(12-21)15-40-32(46)26-27(35)29(37)31(39)30(38)28(26)36/h2-13,24-25,33,45H,14-17H2,1H3,(H,40,46)/t24-,25+,33+/m0/s1. The van der Waals surface area contributed by atoms with Crippen LogP contribution in [-0.4, -0.2) is 43.1 Å². The number of carbonyl (C=O) groups is 1. The van der Waals surface area contributed by atoms with Gasteiger partial charge in [-0.2, -0.15) is 0 Å². The fourth-order valence-corrected chi connectivity index (χ4v) is 6.20. The molecule has 0 unspecified atom stereocenters. The molecular formula is C34H28F5N5O4S. The van der Waals surface area contributed by atoms with Gasteiger partial charge in [-0.1, -0.05) is 72.4 Å². The lowest BCUT2D eigenvalue weighted by atomic mass is 9.99. The molecule has 1 aliphatic rings. The summed E-state index contributed by atoms with van der Waals surface area (Å²) in [7, 11) is 1.75. The SMILES string of the molecule is Cn1nnnc1SC[C@@H]1C[C@H](c2ccc(CO)cc2)O[C@H](c2cccc(-c3cccc(CNC(=O)c4c(F)c(F)c(F)c(F)c4F)c3)c2)O1. The number of ether oxygens (including phenoxy) is 2. The highest BCUT2D eigenvalue weighted by atomic mass is 32.2. The van der Waals surface area contributed by atoms with E-state index >= 15 is 0 Å². The summed E-state index contributed by atoms with van der Waals surface area (Å²) >= 11 is 1.46. The van der Waals surface area contributed by atoms with E-state index < -0.39 is 46.8 Å². The summed E-state index contributed by atoms with van der Waals surface area (Å²) < 4.78 is 83.4. The minimum absolute atomic E-state index is 0.0752. The van der Waals surface area contributed by atoms with Crippen molar-refractivity contribution in [3.63, 3.8) is 0 Å². The molecule has 15 heteroatoms. The van der Waals surface area contributed by atoms with E-state index in [1.807, 2.05) is 54.6 Å². The number of thioether (sulfide) groups is 1. The molecule has 0 saturated carbocycles. The summed E-state index contributed by atoms with van der Waals surface area (Å²) in [5.74, 6) is -12.0. The molecule has 2 N–H and O–H groups in total. The highest BCUT2D eigenvalue weighted by molar-refractivity contribution is 7.99. The molecule has 1 amide bonds. The number of nitrogens with zero attached hydrogens (tertiary/aromatic N) is 4.